The van der Waals surface area contributed by atoms with Gasteiger partial charge < -0.3 is 97.0 Å². The zero-order chi connectivity index (χ0) is 71.1. The molecule has 9 atom stereocenters. The molecular formula is C66H89N17O14. The van der Waals surface area contributed by atoms with Gasteiger partial charge in [-0.05, 0) is 78.5 Å². The molecule has 23 N–H and O–H groups in total. The predicted octanol–water partition coefficient (Wildman–Crippen LogP) is -3.17. The Balaban J connectivity index is 1.31. The SMILES string of the molecule is CCCN=C(N)NCCC[C@H](NC(=O)[C@H](CC(C)C)NC(=O)CNC(=O)[C@H](Cc1ccccc1)NC(=O)[C@H](CO)NC(=O)[C@H](CC(N)=O)NC(=O)[C@H](Cc1c[nH]c2ccccc12)NC(=O)[C@H](CC(N)=O)NC(=O)[C@@H](N)Cc1ccc(O)cc1)C(=O)N[C@@H](Cc1ccccc1)C(N)=O. The van der Waals surface area contributed by atoms with Gasteiger partial charge in [-0.3, -0.25) is 62.5 Å². The summed E-state index contributed by atoms with van der Waals surface area (Å²) >= 11 is 0. The van der Waals surface area contributed by atoms with E-state index in [-0.39, 0.29) is 69.1 Å². The number of aromatic hydroxyl groups is 1. The second kappa shape index (κ2) is 39.0. The molecule has 31 heteroatoms. The topological polar surface area (TPSA) is 524 Å². The molecule has 0 bridgehead atoms. The lowest BCUT2D eigenvalue weighted by atomic mass is 10.0. The van der Waals surface area contributed by atoms with Crippen LogP contribution < -0.4 is 81.8 Å². The summed E-state index contributed by atoms with van der Waals surface area (Å²) in [5.74, 6) is -11.9. The zero-order valence-corrected chi connectivity index (χ0v) is 54.3. The van der Waals surface area contributed by atoms with Crippen molar-refractivity contribution in [1.82, 2.24) is 58.2 Å². The van der Waals surface area contributed by atoms with Gasteiger partial charge in [-0.25, -0.2) is 0 Å². The first-order chi connectivity index (χ1) is 46.2. The molecule has 0 spiro atoms. The number of aromatic nitrogens is 1. The minimum atomic E-state index is -1.91. The number of para-hydroxylation sites is 1. The third-order valence-electron chi connectivity index (χ3n) is 15.1. The van der Waals surface area contributed by atoms with Gasteiger partial charge in [0.15, 0.2) is 5.96 Å². The average molecular weight is 1340 g/mol. The largest absolute Gasteiger partial charge is 0.508 e. The van der Waals surface area contributed by atoms with Crippen LogP contribution in [0, 0.1) is 5.92 Å². The summed E-state index contributed by atoms with van der Waals surface area (Å²) in [5.41, 5.74) is 31.8. The normalized spacial score (nSPS) is 14.1. The Bertz CT molecular complexity index is 3540. The van der Waals surface area contributed by atoms with Gasteiger partial charge in [-0.15, -0.1) is 0 Å². The van der Waals surface area contributed by atoms with E-state index in [1.165, 1.54) is 24.3 Å². The number of nitrogens with two attached hydrogens (primary N) is 5. The summed E-state index contributed by atoms with van der Waals surface area (Å²) in [5, 5.41) is 46.3. The molecule has 0 aliphatic heterocycles. The van der Waals surface area contributed by atoms with E-state index < -0.39 is 151 Å². The number of fused-ring (bicyclic) bond motifs is 1. The maximum absolute atomic E-state index is 14.5. The van der Waals surface area contributed by atoms with Crippen molar-refractivity contribution in [1.29, 1.82) is 0 Å². The number of phenols is 1. The molecule has 1 heterocycles. The van der Waals surface area contributed by atoms with Crippen molar-refractivity contribution >= 4 is 87.7 Å². The number of nitrogens with zero attached hydrogens (tertiary/aromatic N) is 1. The second-order valence-corrected chi connectivity index (χ2v) is 23.6. The molecule has 12 amide bonds. The zero-order valence-electron chi connectivity index (χ0n) is 54.3. The number of rotatable bonds is 40. The summed E-state index contributed by atoms with van der Waals surface area (Å²) in [6.07, 6.45) is 0.477. The van der Waals surface area contributed by atoms with Crippen LogP contribution >= 0.6 is 0 Å². The molecule has 0 aliphatic carbocycles. The molecule has 0 unspecified atom stereocenters. The Kier molecular flexibility index (Phi) is 30.9. The van der Waals surface area contributed by atoms with E-state index in [9.17, 15) is 67.7 Å². The van der Waals surface area contributed by atoms with Crippen molar-refractivity contribution in [2.75, 3.05) is 26.2 Å². The van der Waals surface area contributed by atoms with Gasteiger partial charge in [-0.1, -0.05) is 112 Å². The first kappa shape index (κ1) is 76.8. The first-order valence-corrected chi connectivity index (χ1v) is 31.6. The highest BCUT2D eigenvalue weighted by Crippen LogP contribution is 2.20. The molecule has 1 aromatic heterocycles. The van der Waals surface area contributed by atoms with Crippen molar-refractivity contribution in [3.8, 4) is 5.75 Å². The minimum absolute atomic E-state index is 0.0324. The van der Waals surface area contributed by atoms with Crippen molar-refractivity contribution < 1.29 is 67.7 Å². The predicted molar refractivity (Wildman–Crippen MR) is 358 cm³/mol. The average Bonchev–Trinajstić information content (AvgIpc) is 1.74. The summed E-state index contributed by atoms with van der Waals surface area (Å²) < 4.78 is 0. The number of aliphatic imine (C=N–C) groups is 1. The van der Waals surface area contributed by atoms with Crippen LogP contribution in [0.3, 0.4) is 0 Å². The highest BCUT2D eigenvalue weighted by atomic mass is 16.3. The van der Waals surface area contributed by atoms with Crippen molar-refractivity contribution in [2.24, 2.45) is 39.6 Å². The van der Waals surface area contributed by atoms with Crippen LogP contribution in [0.1, 0.15) is 81.5 Å². The number of aliphatic hydroxyl groups is 1. The molecule has 0 radical (unpaired) electrons. The molecular weight excluding hydrogens is 1250 g/mol. The van der Waals surface area contributed by atoms with E-state index in [1.807, 2.05) is 6.92 Å². The van der Waals surface area contributed by atoms with E-state index >= 15 is 0 Å². The third-order valence-corrected chi connectivity index (χ3v) is 15.1. The number of carbonyl (C=O) groups excluding carboxylic acids is 12. The van der Waals surface area contributed by atoms with E-state index in [0.29, 0.717) is 39.7 Å². The fourth-order valence-corrected chi connectivity index (χ4v) is 10.1. The lowest BCUT2D eigenvalue weighted by Crippen LogP contribution is -2.61. The number of aliphatic hydroxyl groups excluding tert-OH is 1. The first-order valence-electron chi connectivity index (χ1n) is 31.6. The Morgan fingerprint density at radius 2 is 0.979 bits per heavy atom. The Hall–Kier alpha value is -11.0. The van der Waals surface area contributed by atoms with E-state index in [0.717, 1.165) is 6.42 Å². The quantitative estimate of drug-likeness (QED) is 0.0105. The molecule has 0 saturated carbocycles. The number of H-pyrrole nitrogens is 1. The van der Waals surface area contributed by atoms with Crippen molar-refractivity contribution in [3.63, 3.8) is 0 Å². The van der Waals surface area contributed by atoms with Gasteiger partial charge in [0.2, 0.25) is 70.9 Å². The van der Waals surface area contributed by atoms with E-state index in [1.54, 1.807) is 105 Å². The minimum Gasteiger partial charge on any atom is -0.508 e. The van der Waals surface area contributed by atoms with Crippen LogP contribution in [0.25, 0.3) is 10.9 Å². The second-order valence-electron chi connectivity index (χ2n) is 23.6. The molecule has 0 fully saturated rings. The van der Waals surface area contributed by atoms with Crippen LogP contribution in [0.5, 0.6) is 5.75 Å². The number of aromatic amines is 1. The smallest absolute Gasteiger partial charge is 0.245 e. The van der Waals surface area contributed by atoms with Crippen molar-refractivity contribution in [3.05, 3.63) is 138 Å². The fraction of sp³-hybridized carbons (Fsp3) is 0.409. The summed E-state index contributed by atoms with van der Waals surface area (Å²) in [6, 6.07) is 16.2. The molecule has 31 nitrogen and oxygen atoms in total. The molecule has 0 aliphatic rings. The van der Waals surface area contributed by atoms with Crippen LogP contribution in [-0.2, 0) is 83.2 Å². The molecule has 5 rings (SSSR count). The van der Waals surface area contributed by atoms with Gasteiger partial charge in [0.1, 0.15) is 54.1 Å². The van der Waals surface area contributed by atoms with Gasteiger partial charge >= 0.3 is 0 Å². The van der Waals surface area contributed by atoms with Crippen LogP contribution in [0.4, 0.5) is 0 Å². The monoisotopic (exact) mass is 1340 g/mol. The fourth-order valence-electron chi connectivity index (χ4n) is 10.1. The number of hydrogen-bond donors (Lipinski definition) is 18. The van der Waals surface area contributed by atoms with Crippen LogP contribution in [0.15, 0.2) is 120 Å². The maximum Gasteiger partial charge on any atom is 0.245 e. The number of amides is 12. The van der Waals surface area contributed by atoms with E-state index in [2.05, 4.69) is 63.1 Å². The van der Waals surface area contributed by atoms with Gasteiger partial charge in [0, 0.05) is 49.5 Å². The summed E-state index contributed by atoms with van der Waals surface area (Å²) in [7, 11) is 0. The van der Waals surface area contributed by atoms with E-state index in [4.69, 9.17) is 28.7 Å². The number of primary amides is 3. The molecule has 0 saturated heterocycles. The Labute approximate surface area is 560 Å². The standard InChI is InChI=1S/C66H89N17O14/c1-4-25-72-66(71)73-26-13-20-46(60(92)78-47(57(70)89)29-38-14-7-5-8-15-38)77-61(93)48(27-37(2)3)76-56(88)35-75-59(91)49(30-39-16-9-6-10-17-39)80-65(97)53(36-84)83-64(96)52(33-55(69)87)82-62(94)50(31-41-34-74-45-19-12-11-18-43(41)45)81-63(95)51(32-54(68)86)79-58(90)44(67)28-40-21-23-42(85)24-22-40/h5-12,14-19,21-24,34,37,44,46-53,74,84-85H,4,13,20,25-33,35-36,67H2,1-3H3,(H2,68,86)(H2,69,87)(H2,70,89)(H,75,91)(H,76,88)(H,77,93)(H,78,92)(H,79,90)(H,80,97)(H,81,95)(H,82,94)(H,83,96)(H3,71,72,73)/t44-,46-,47-,48-,49-,50-,51-,52-,53-/m0/s1. The number of hydrogen-bond acceptors (Lipinski definition) is 16. The van der Waals surface area contributed by atoms with Crippen molar-refractivity contribution in [2.45, 2.75) is 139 Å². The molecule has 4 aromatic carbocycles. The Morgan fingerprint density at radius 3 is 1.55 bits per heavy atom. The van der Waals surface area contributed by atoms with Gasteiger partial charge in [-0.2, -0.15) is 0 Å². The number of carbonyl (C=O) groups is 12. The Morgan fingerprint density at radius 1 is 0.505 bits per heavy atom. The number of phenolic OH excluding ortho intramolecular Hbond substituents is 1. The summed E-state index contributed by atoms with van der Waals surface area (Å²) in [6.45, 7) is 4.36. The summed E-state index contributed by atoms with van der Waals surface area (Å²) in [4.78, 5) is 171. The highest BCUT2D eigenvalue weighted by Gasteiger charge is 2.36. The molecule has 522 valence electrons. The maximum atomic E-state index is 14.5. The molecule has 97 heavy (non-hydrogen) atoms. The van der Waals surface area contributed by atoms with Crippen LogP contribution in [0.2, 0.25) is 0 Å². The highest BCUT2D eigenvalue weighted by molar-refractivity contribution is 6.00. The lowest BCUT2D eigenvalue weighted by Gasteiger charge is -2.27. The number of guanidine groups is 1. The third kappa shape index (κ3) is 26.4. The lowest BCUT2D eigenvalue weighted by molar-refractivity contribution is -0.136. The van der Waals surface area contributed by atoms with Gasteiger partial charge in [0.25, 0.3) is 0 Å². The van der Waals surface area contributed by atoms with Gasteiger partial charge in [0.05, 0.1) is 32.0 Å². The number of nitrogens with one attached hydrogen (secondary N) is 11. The number of benzene rings is 4. The molecule has 5 aromatic rings. The van der Waals surface area contributed by atoms with Crippen LogP contribution in [-0.4, -0.2) is 173 Å².